The van der Waals surface area contributed by atoms with Gasteiger partial charge in [-0.15, -0.1) is 0 Å². The van der Waals surface area contributed by atoms with E-state index in [1.165, 1.54) is 29.2 Å². The average Bonchev–Trinajstić information content (AvgIpc) is 3.22. The van der Waals surface area contributed by atoms with Crippen LogP contribution in [0.4, 0.5) is 5.69 Å². The van der Waals surface area contributed by atoms with Crippen LogP contribution < -0.4 is 14.8 Å². The van der Waals surface area contributed by atoms with Crippen molar-refractivity contribution in [2.45, 2.75) is 13.5 Å². The summed E-state index contributed by atoms with van der Waals surface area (Å²) < 4.78 is 10.4. The zero-order chi connectivity index (χ0) is 22.4. The summed E-state index contributed by atoms with van der Waals surface area (Å²) in [7, 11) is 0. The molecule has 0 bridgehead atoms. The smallest absolute Gasteiger partial charge is 0.280 e. The average molecular weight is 446 g/mol. The van der Waals surface area contributed by atoms with E-state index in [1.807, 2.05) is 0 Å². The van der Waals surface area contributed by atoms with Crippen LogP contribution in [0.2, 0.25) is 5.02 Å². The summed E-state index contributed by atoms with van der Waals surface area (Å²) in [5, 5.41) is 14.7. The van der Waals surface area contributed by atoms with Gasteiger partial charge in [0.1, 0.15) is 0 Å². The molecule has 0 radical (unpaired) electrons. The van der Waals surface area contributed by atoms with Crippen molar-refractivity contribution in [3.8, 4) is 11.5 Å². The molecule has 0 saturated carbocycles. The van der Waals surface area contributed by atoms with Crippen LogP contribution in [0.15, 0.2) is 42.5 Å². The highest BCUT2D eigenvalue weighted by atomic mass is 35.5. The lowest BCUT2D eigenvalue weighted by atomic mass is 10.1. The van der Waals surface area contributed by atoms with Crippen LogP contribution in [0.3, 0.4) is 0 Å². The lowest BCUT2D eigenvalue weighted by Gasteiger charge is -2.18. The molecule has 0 fully saturated rings. The van der Waals surface area contributed by atoms with Crippen LogP contribution >= 0.6 is 11.6 Å². The van der Waals surface area contributed by atoms with Gasteiger partial charge in [-0.3, -0.25) is 19.7 Å². The van der Waals surface area contributed by atoms with Crippen molar-refractivity contribution in [1.29, 1.82) is 0 Å². The fourth-order valence-corrected chi connectivity index (χ4v) is 3.01. The Morgan fingerprint density at radius 1 is 1.23 bits per heavy atom. The molecule has 31 heavy (non-hydrogen) atoms. The maximum Gasteiger partial charge on any atom is 0.280 e. The summed E-state index contributed by atoms with van der Waals surface area (Å²) in [5.74, 6) is -0.127. The molecule has 10 heteroatoms. The van der Waals surface area contributed by atoms with Crippen molar-refractivity contribution in [2.24, 2.45) is 0 Å². The van der Waals surface area contributed by atoms with E-state index in [0.29, 0.717) is 23.9 Å². The number of carbonyl (C=O) groups is 2. The number of hydrogen-bond acceptors (Lipinski definition) is 6. The molecule has 2 aromatic rings. The van der Waals surface area contributed by atoms with E-state index >= 15 is 0 Å². The number of rotatable bonds is 8. The quantitative estimate of drug-likeness (QED) is 0.379. The van der Waals surface area contributed by atoms with Gasteiger partial charge in [-0.05, 0) is 36.8 Å². The molecular formula is C21H20ClN3O6. The maximum atomic E-state index is 12.5. The molecule has 3 rings (SSSR count). The Bertz CT molecular complexity index is 1020. The second-order valence-corrected chi connectivity index (χ2v) is 7.05. The van der Waals surface area contributed by atoms with Gasteiger partial charge in [0.05, 0.1) is 23.1 Å². The van der Waals surface area contributed by atoms with Crippen molar-refractivity contribution in [3.05, 3.63) is 68.7 Å². The van der Waals surface area contributed by atoms with Gasteiger partial charge < -0.3 is 19.7 Å². The summed E-state index contributed by atoms with van der Waals surface area (Å²) in [4.78, 5) is 36.8. The summed E-state index contributed by atoms with van der Waals surface area (Å²) in [6, 6.07) is 9.75. The molecule has 0 aliphatic carbocycles. The van der Waals surface area contributed by atoms with Crippen LogP contribution in [0.25, 0.3) is 6.08 Å². The SMILES string of the molecule is CCN(CC(=O)NCc1ccc(Cl)cc1)C(=O)/C=C/c1cc2c(cc1[N+](=O)[O-])OCO2. The third kappa shape index (κ3) is 5.73. The molecule has 0 spiro atoms. The number of fused-ring (bicyclic) bond motifs is 1. The molecule has 1 heterocycles. The van der Waals surface area contributed by atoms with E-state index in [9.17, 15) is 19.7 Å². The van der Waals surface area contributed by atoms with E-state index in [1.54, 1.807) is 31.2 Å². The van der Waals surface area contributed by atoms with E-state index in [-0.39, 0.29) is 36.2 Å². The Labute approximate surface area is 183 Å². The third-order valence-corrected chi connectivity index (χ3v) is 4.81. The van der Waals surface area contributed by atoms with Gasteiger partial charge in [-0.1, -0.05) is 23.7 Å². The number of halogens is 1. The Morgan fingerprint density at radius 3 is 2.55 bits per heavy atom. The summed E-state index contributed by atoms with van der Waals surface area (Å²) in [5.41, 5.74) is 0.866. The molecule has 2 aromatic carbocycles. The van der Waals surface area contributed by atoms with Gasteiger partial charge in [0.2, 0.25) is 18.6 Å². The molecule has 0 atom stereocenters. The predicted octanol–water partition coefficient (Wildman–Crippen LogP) is 3.16. The predicted molar refractivity (Wildman–Crippen MR) is 114 cm³/mol. The Hall–Kier alpha value is -3.59. The number of nitrogens with one attached hydrogen (secondary N) is 1. The summed E-state index contributed by atoms with van der Waals surface area (Å²) in [6.45, 7) is 2.17. The van der Waals surface area contributed by atoms with Crippen LogP contribution in [0.1, 0.15) is 18.1 Å². The minimum atomic E-state index is -0.562. The largest absolute Gasteiger partial charge is 0.454 e. The number of amides is 2. The van der Waals surface area contributed by atoms with Gasteiger partial charge >= 0.3 is 0 Å². The number of hydrogen-bond donors (Lipinski definition) is 1. The number of nitrogens with zero attached hydrogens (tertiary/aromatic N) is 2. The summed E-state index contributed by atoms with van der Waals surface area (Å²) >= 11 is 5.84. The van der Waals surface area contributed by atoms with Crippen molar-refractivity contribution >= 4 is 35.2 Å². The normalized spacial score (nSPS) is 12.1. The highest BCUT2D eigenvalue weighted by Crippen LogP contribution is 2.38. The lowest BCUT2D eigenvalue weighted by Crippen LogP contribution is -2.39. The van der Waals surface area contributed by atoms with E-state index < -0.39 is 10.8 Å². The molecule has 0 aromatic heterocycles. The van der Waals surface area contributed by atoms with Crippen LogP contribution in [0.5, 0.6) is 11.5 Å². The maximum absolute atomic E-state index is 12.5. The van der Waals surface area contributed by atoms with E-state index in [4.69, 9.17) is 21.1 Å². The van der Waals surface area contributed by atoms with Gasteiger partial charge in [-0.25, -0.2) is 0 Å². The molecule has 1 aliphatic rings. The molecule has 162 valence electrons. The van der Waals surface area contributed by atoms with Crippen molar-refractivity contribution in [1.82, 2.24) is 10.2 Å². The van der Waals surface area contributed by atoms with E-state index in [2.05, 4.69) is 5.32 Å². The first-order valence-corrected chi connectivity index (χ1v) is 9.81. The Morgan fingerprint density at radius 2 is 1.90 bits per heavy atom. The molecule has 1 N–H and O–H groups in total. The van der Waals surface area contributed by atoms with E-state index in [0.717, 1.165) is 5.56 Å². The number of benzene rings is 2. The third-order valence-electron chi connectivity index (χ3n) is 4.55. The number of carbonyl (C=O) groups excluding carboxylic acids is 2. The second-order valence-electron chi connectivity index (χ2n) is 6.61. The highest BCUT2D eigenvalue weighted by molar-refractivity contribution is 6.30. The first-order valence-electron chi connectivity index (χ1n) is 9.43. The van der Waals surface area contributed by atoms with Crippen LogP contribution in [-0.4, -0.2) is 41.5 Å². The molecule has 0 saturated heterocycles. The van der Waals surface area contributed by atoms with Gasteiger partial charge in [0.25, 0.3) is 5.69 Å². The number of nitro groups is 1. The zero-order valence-corrected chi connectivity index (χ0v) is 17.4. The lowest BCUT2D eigenvalue weighted by molar-refractivity contribution is -0.385. The first-order chi connectivity index (χ1) is 14.9. The van der Waals surface area contributed by atoms with Gasteiger partial charge in [0, 0.05) is 24.2 Å². The van der Waals surface area contributed by atoms with Crippen molar-refractivity contribution in [2.75, 3.05) is 19.9 Å². The number of nitro benzene ring substituents is 1. The molecule has 1 aliphatic heterocycles. The fraction of sp³-hybridized carbons (Fsp3) is 0.238. The summed E-state index contributed by atoms with van der Waals surface area (Å²) in [6.07, 6.45) is 2.53. The minimum absolute atomic E-state index is 0.0205. The van der Waals surface area contributed by atoms with Crippen molar-refractivity contribution in [3.63, 3.8) is 0 Å². The molecule has 0 unspecified atom stereocenters. The zero-order valence-electron chi connectivity index (χ0n) is 16.7. The molecule has 9 nitrogen and oxygen atoms in total. The first kappa shape index (κ1) is 22.1. The molecular weight excluding hydrogens is 426 g/mol. The second kappa shape index (κ2) is 9.94. The highest BCUT2D eigenvalue weighted by Gasteiger charge is 2.22. The molecule has 2 amide bonds. The Balaban J connectivity index is 1.63. The van der Waals surface area contributed by atoms with Crippen LogP contribution in [-0.2, 0) is 16.1 Å². The fourth-order valence-electron chi connectivity index (χ4n) is 2.88. The Kier molecular flexibility index (Phi) is 7.09. The van der Waals surface area contributed by atoms with Crippen LogP contribution in [0, 0.1) is 10.1 Å². The monoisotopic (exact) mass is 445 g/mol. The standard InChI is InChI=1S/C21H20ClN3O6/c1-2-24(12-20(26)23-11-14-3-6-16(22)7-4-14)21(27)8-5-15-9-18-19(31-13-30-18)10-17(15)25(28)29/h3-10H,2,11-13H2,1H3,(H,23,26)/b8-5+. The van der Waals surface area contributed by atoms with Gasteiger partial charge in [-0.2, -0.15) is 0 Å². The van der Waals surface area contributed by atoms with Gasteiger partial charge in [0.15, 0.2) is 11.5 Å². The number of likely N-dealkylation sites (N-methyl/N-ethyl adjacent to an activating group) is 1. The van der Waals surface area contributed by atoms with Crippen molar-refractivity contribution < 1.29 is 24.0 Å². The topological polar surface area (TPSA) is 111 Å². The number of ether oxygens (including phenoxy) is 2. The minimum Gasteiger partial charge on any atom is -0.454 e.